The lowest BCUT2D eigenvalue weighted by atomic mass is 10.2. The summed E-state index contributed by atoms with van der Waals surface area (Å²) in [6, 6.07) is 14.0. The minimum atomic E-state index is -0.121. The van der Waals surface area contributed by atoms with Crippen LogP contribution in [-0.2, 0) is 9.59 Å². The van der Waals surface area contributed by atoms with Gasteiger partial charge in [-0.3, -0.25) is 9.59 Å². The highest BCUT2D eigenvalue weighted by Gasteiger charge is 2.02. The van der Waals surface area contributed by atoms with Crippen LogP contribution in [0.2, 0.25) is 0 Å². The summed E-state index contributed by atoms with van der Waals surface area (Å²) in [5.41, 5.74) is 1.42. The second-order valence-electron chi connectivity index (χ2n) is 4.82. The summed E-state index contributed by atoms with van der Waals surface area (Å²) >= 11 is 0. The largest absolute Gasteiger partial charge is 0.576 e. The van der Waals surface area contributed by atoms with E-state index >= 15 is 0 Å². The third-order valence-electron chi connectivity index (χ3n) is 2.80. The third-order valence-corrected chi connectivity index (χ3v) is 2.80. The SMILES string of the molecule is CC(=O)Nc1ccc(OBOc2ccc(NC(C)=O)cc2)cc1. The van der Waals surface area contributed by atoms with E-state index < -0.39 is 0 Å². The maximum absolute atomic E-state index is 10.9. The molecule has 0 aromatic heterocycles. The molecule has 23 heavy (non-hydrogen) atoms. The maximum atomic E-state index is 10.9. The molecule has 0 fully saturated rings. The Morgan fingerprint density at radius 3 is 1.39 bits per heavy atom. The molecule has 0 radical (unpaired) electrons. The molecule has 0 atom stereocenters. The summed E-state index contributed by atoms with van der Waals surface area (Å²) in [5, 5.41) is 5.35. The van der Waals surface area contributed by atoms with Crippen molar-refractivity contribution in [3.63, 3.8) is 0 Å². The van der Waals surface area contributed by atoms with Crippen molar-refractivity contribution < 1.29 is 18.9 Å². The number of carbonyl (C=O) groups is 2. The quantitative estimate of drug-likeness (QED) is 0.803. The van der Waals surface area contributed by atoms with Crippen molar-refractivity contribution in [1.29, 1.82) is 0 Å². The van der Waals surface area contributed by atoms with Crippen LogP contribution in [0.3, 0.4) is 0 Å². The average Bonchev–Trinajstić information content (AvgIpc) is 2.50. The molecule has 0 saturated carbocycles. The van der Waals surface area contributed by atoms with E-state index in [4.69, 9.17) is 9.31 Å². The van der Waals surface area contributed by atoms with Crippen molar-refractivity contribution in [3.8, 4) is 11.5 Å². The highest BCUT2D eigenvalue weighted by atomic mass is 16.6. The predicted molar refractivity (Wildman–Crippen MR) is 89.9 cm³/mol. The van der Waals surface area contributed by atoms with Gasteiger partial charge < -0.3 is 19.9 Å². The first-order chi connectivity index (χ1) is 11.0. The number of benzene rings is 2. The van der Waals surface area contributed by atoms with Crippen molar-refractivity contribution in [2.24, 2.45) is 0 Å². The van der Waals surface area contributed by atoms with E-state index in [1.165, 1.54) is 13.8 Å². The number of anilines is 2. The molecule has 0 aliphatic rings. The van der Waals surface area contributed by atoms with Crippen LogP contribution in [0.15, 0.2) is 48.5 Å². The molecular weight excluding hydrogens is 295 g/mol. The van der Waals surface area contributed by atoms with Crippen LogP contribution < -0.4 is 19.9 Å². The third kappa shape index (κ3) is 5.74. The van der Waals surface area contributed by atoms with Gasteiger partial charge in [0.2, 0.25) is 11.8 Å². The van der Waals surface area contributed by atoms with Crippen molar-refractivity contribution in [2.45, 2.75) is 13.8 Å². The van der Waals surface area contributed by atoms with Crippen LogP contribution in [0.5, 0.6) is 11.5 Å². The Morgan fingerprint density at radius 2 is 1.09 bits per heavy atom. The van der Waals surface area contributed by atoms with Gasteiger partial charge in [-0.2, -0.15) is 0 Å². The van der Waals surface area contributed by atoms with E-state index in [1.807, 2.05) is 0 Å². The fourth-order valence-electron chi connectivity index (χ4n) is 1.84. The van der Waals surface area contributed by atoms with Crippen LogP contribution in [0.25, 0.3) is 0 Å². The van der Waals surface area contributed by atoms with Gasteiger partial charge in [0, 0.05) is 25.2 Å². The van der Waals surface area contributed by atoms with Gasteiger partial charge >= 0.3 is 7.69 Å². The zero-order chi connectivity index (χ0) is 16.7. The van der Waals surface area contributed by atoms with E-state index in [-0.39, 0.29) is 19.5 Å². The van der Waals surface area contributed by atoms with E-state index in [9.17, 15) is 9.59 Å². The number of rotatable bonds is 6. The lowest BCUT2D eigenvalue weighted by Crippen LogP contribution is -2.11. The van der Waals surface area contributed by atoms with Crippen LogP contribution in [0, 0.1) is 0 Å². The number of hydrogen-bond donors (Lipinski definition) is 2. The average molecular weight is 312 g/mol. The fourth-order valence-corrected chi connectivity index (χ4v) is 1.84. The molecule has 2 amide bonds. The van der Waals surface area contributed by atoms with E-state index in [0.29, 0.717) is 22.9 Å². The summed E-state index contributed by atoms with van der Waals surface area (Å²) in [6.07, 6.45) is 0. The molecule has 0 saturated heterocycles. The molecule has 7 heteroatoms. The zero-order valence-electron chi connectivity index (χ0n) is 13.0. The zero-order valence-corrected chi connectivity index (χ0v) is 13.0. The highest BCUT2D eigenvalue weighted by Crippen LogP contribution is 2.17. The van der Waals surface area contributed by atoms with Crippen LogP contribution in [0.1, 0.15) is 13.8 Å². The van der Waals surface area contributed by atoms with Crippen molar-refractivity contribution in [1.82, 2.24) is 0 Å². The maximum Gasteiger partial charge on any atom is 0.576 e. The Morgan fingerprint density at radius 1 is 0.739 bits per heavy atom. The molecule has 2 aromatic rings. The Bertz CT molecular complexity index is 612. The van der Waals surface area contributed by atoms with Crippen molar-refractivity contribution in [2.75, 3.05) is 10.6 Å². The molecule has 0 bridgehead atoms. The number of carbonyl (C=O) groups excluding carboxylic acids is 2. The molecule has 6 nitrogen and oxygen atoms in total. The standard InChI is InChI=1S/C16H17BN2O4/c1-11(20)18-13-3-7-15(8-4-13)22-17-23-16-9-5-14(6-10-16)19-12(2)21/h3-10,17H,1-2H3,(H,18,20)(H,19,21). The summed E-state index contributed by atoms with van der Waals surface area (Å²) < 4.78 is 10.9. The van der Waals surface area contributed by atoms with E-state index in [1.54, 1.807) is 48.5 Å². The van der Waals surface area contributed by atoms with E-state index in [0.717, 1.165) is 0 Å². The molecule has 0 spiro atoms. The normalized spacial score (nSPS) is 9.65. The number of hydrogen-bond acceptors (Lipinski definition) is 4. The van der Waals surface area contributed by atoms with Crippen molar-refractivity contribution >= 4 is 30.9 Å². The lowest BCUT2D eigenvalue weighted by Gasteiger charge is -2.09. The van der Waals surface area contributed by atoms with Gasteiger partial charge in [-0.05, 0) is 48.5 Å². The van der Waals surface area contributed by atoms with Gasteiger partial charge in [0.15, 0.2) is 0 Å². The second kappa shape index (κ2) is 7.88. The monoisotopic (exact) mass is 312 g/mol. The van der Waals surface area contributed by atoms with Gasteiger partial charge in [0.1, 0.15) is 11.5 Å². The topological polar surface area (TPSA) is 76.7 Å². The lowest BCUT2D eigenvalue weighted by molar-refractivity contribution is -0.115. The van der Waals surface area contributed by atoms with Gasteiger partial charge in [0.25, 0.3) is 0 Å². The Kier molecular flexibility index (Phi) is 5.63. The van der Waals surface area contributed by atoms with Crippen LogP contribution >= 0.6 is 0 Å². The number of amides is 2. The first kappa shape index (κ1) is 16.4. The second-order valence-corrected chi connectivity index (χ2v) is 4.82. The molecular formula is C16H17BN2O4. The minimum Gasteiger partial charge on any atom is -0.529 e. The van der Waals surface area contributed by atoms with Crippen LogP contribution in [0.4, 0.5) is 11.4 Å². The Balaban J connectivity index is 1.80. The minimum absolute atomic E-state index is 0.0545. The van der Waals surface area contributed by atoms with Gasteiger partial charge in [-0.1, -0.05) is 0 Å². The summed E-state index contributed by atoms with van der Waals surface area (Å²) in [4.78, 5) is 21.8. The predicted octanol–water partition coefficient (Wildman–Crippen LogP) is 2.33. The molecule has 0 unspecified atom stereocenters. The molecule has 0 aliphatic heterocycles. The summed E-state index contributed by atoms with van der Waals surface area (Å²) in [7, 11) is 0.0545. The summed E-state index contributed by atoms with van der Waals surface area (Å²) in [5.74, 6) is 1.03. The Hall–Kier alpha value is -2.96. The molecule has 2 N–H and O–H groups in total. The fraction of sp³-hybridized carbons (Fsp3) is 0.125. The molecule has 2 aromatic carbocycles. The van der Waals surface area contributed by atoms with Crippen LogP contribution in [-0.4, -0.2) is 19.5 Å². The molecule has 118 valence electrons. The molecule has 0 aliphatic carbocycles. The molecule has 2 rings (SSSR count). The first-order valence-electron chi connectivity index (χ1n) is 7.04. The molecule has 0 heterocycles. The smallest absolute Gasteiger partial charge is 0.529 e. The van der Waals surface area contributed by atoms with Crippen molar-refractivity contribution in [3.05, 3.63) is 48.5 Å². The summed E-state index contributed by atoms with van der Waals surface area (Å²) in [6.45, 7) is 2.91. The first-order valence-corrected chi connectivity index (χ1v) is 7.04. The Labute approximate surface area is 135 Å². The van der Waals surface area contributed by atoms with Gasteiger partial charge in [-0.15, -0.1) is 0 Å². The van der Waals surface area contributed by atoms with Gasteiger partial charge in [-0.25, -0.2) is 0 Å². The van der Waals surface area contributed by atoms with E-state index in [2.05, 4.69) is 10.6 Å². The highest BCUT2D eigenvalue weighted by molar-refractivity contribution is 6.20. The number of nitrogens with one attached hydrogen (secondary N) is 2. The van der Waals surface area contributed by atoms with Gasteiger partial charge in [0.05, 0.1) is 0 Å².